The summed E-state index contributed by atoms with van der Waals surface area (Å²) in [4.78, 5) is 0. The summed E-state index contributed by atoms with van der Waals surface area (Å²) in [6, 6.07) is 19.9. The van der Waals surface area contributed by atoms with Gasteiger partial charge in [-0.2, -0.15) is 0 Å². The van der Waals surface area contributed by atoms with Crippen molar-refractivity contribution in [2.45, 2.75) is 123 Å². The fraction of sp³-hybridized carbons (Fsp3) is 0.647. The zero-order valence-electron chi connectivity index (χ0n) is 26.9. The molecule has 0 saturated carbocycles. The van der Waals surface area contributed by atoms with Gasteiger partial charge in [-0.25, -0.2) is 0 Å². The van der Waals surface area contributed by atoms with E-state index in [0.29, 0.717) is 6.04 Å². The van der Waals surface area contributed by atoms with Crippen molar-refractivity contribution in [2.24, 2.45) is 0 Å². The molecule has 0 fully saturated rings. The van der Waals surface area contributed by atoms with E-state index in [-0.39, 0.29) is 0 Å². The number of hydrogen-bond acceptors (Lipinski definition) is 1. The maximum atomic E-state index is 9.93. The second-order valence-electron chi connectivity index (χ2n) is 12.2. The molecule has 0 aliphatic rings. The van der Waals surface area contributed by atoms with Crippen LogP contribution in [0, 0.1) is 0 Å². The summed E-state index contributed by atoms with van der Waals surface area (Å²) < 4.78 is 66.4. The van der Waals surface area contributed by atoms with E-state index in [2.05, 4.69) is 82.5 Å². The summed E-state index contributed by atoms with van der Waals surface area (Å²) in [7, 11) is 4.56. The van der Waals surface area contributed by atoms with Crippen LogP contribution in [0.25, 0.3) is 0 Å². The van der Waals surface area contributed by atoms with E-state index >= 15 is 0 Å². The number of para-hydroxylation sites is 1. The van der Waals surface area contributed by atoms with Crippen molar-refractivity contribution in [3.63, 3.8) is 0 Å². The second kappa shape index (κ2) is 18.5. The van der Waals surface area contributed by atoms with Crippen LogP contribution in [0.15, 0.2) is 54.6 Å². The molecule has 43 heavy (non-hydrogen) atoms. The first-order valence-electron chi connectivity index (χ1n) is 16.2. The molecular weight excluding hydrogens is 674 g/mol. The third kappa shape index (κ3) is 22.7. The van der Waals surface area contributed by atoms with Crippen LogP contribution in [0.3, 0.4) is 0 Å². The average Bonchev–Trinajstić information content (AvgIpc) is 2.93. The summed E-state index contributed by atoms with van der Waals surface area (Å²) in [6.07, 6.45) is 22.4. The molecule has 2 nitrogen and oxygen atoms in total. The average molecular weight is 731 g/mol. The van der Waals surface area contributed by atoms with Gasteiger partial charge in [0.1, 0.15) is 17.5 Å². The molecule has 1 atom stereocenters. The van der Waals surface area contributed by atoms with E-state index in [0.717, 1.165) is 23.3 Å². The van der Waals surface area contributed by atoms with Crippen LogP contribution in [0.2, 0.25) is 0 Å². The van der Waals surface area contributed by atoms with Gasteiger partial charge in [0.15, 0.2) is 0 Å². The molecule has 0 aromatic heterocycles. The van der Waals surface area contributed by atoms with Crippen LogP contribution in [-0.4, -0.2) is 40.2 Å². The van der Waals surface area contributed by atoms with Gasteiger partial charge in [0.25, 0.3) is 0 Å². The molecular formula is C34H56F6NOSb. The predicted octanol–water partition coefficient (Wildman–Crippen LogP) is 12.8. The molecule has 0 amide bonds. The molecule has 250 valence electrons. The van der Waals surface area contributed by atoms with Crippen molar-refractivity contribution >= 4 is 25.2 Å². The topological polar surface area (TPSA) is 9.23 Å². The molecule has 2 aromatic rings. The van der Waals surface area contributed by atoms with Gasteiger partial charge in [-0.3, -0.25) is 4.48 Å². The van der Waals surface area contributed by atoms with Crippen molar-refractivity contribution in [2.75, 3.05) is 20.7 Å². The summed E-state index contributed by atoms with van der Waals surface area (Å²) in [5.74, 6) is 0.997. The molecule has 0 heterocycles. The zero-order chi connectivity index (χ0) is 32.3. The normalized spacial score (nSPS) is 14.3. The van der Waals surface area contributed by atoms with E-state index in [1.54, 1.807) is 0 Å². The van der Waals surface area contributed by atoms with Gasteiger partial charge in [-0.1, -0.05) is 121 Å². The Bertz CT molecular complexity index is 971. The Balaban J connectivity index is 0.00000117. The molecule has 0 radical (unpaired) electrons. The van der Waals surface area contributed by atoms with Crippen molar-refractivity contribution in [1.29, 1.82) is 0 Å². The molecule has 1 unspecified atom stereocenters. The van der Waals surface area contributed by atoms with Gasteiger partial charge < -0.3 is 4.74 Å². The number of quaternary nitrogens is 1. The molecule has 0 spiro atoms. The number of hydrogen-bond donors (Lipinski definition) is 0. The van der Waals surface area contributed by atoms with Gasteiger partial charge in [-0.15, -0.1) is 0 Å². The number of nitrogens with zero attached hydrogens (tertiary/aromatic N) is 1. The Morgan fingerprint density at radius 3 is 1.35 bits per heavy atom. The van der Waals surface area contributed by atoms with Gasteiger partial charge in [0.2, 0.25) is 0 Å². The SMILES string of the molecule is CCCCCCCCCCCCCCCCCCOc1ccc(C(C)[N+](C)(C)c2ccccc2)cc1.[F][Sb-]([F])([F])([F])([F])[F]. The second-order valence-corrected chi connectivity index (χ2v) is 17.7. The monoisotopic (exact) mass is 729 g/mol. The molecule has 0 saturated heterocycles. The molecule has 0 bridgehead atoms. The Hall–Kier alpha value is -1.40. The number of ether oxygens (including phenoxy) is 1. The summed E-state index contributed by atoms with van der Waals surface area (Å²) >= 11 is -11.2. The number of halogens is 6. The van der Waals surface area contributed by atoms with Crippen molar-refractivity contribution in [3.8, 4) is 5.75 Å². The van der Waals surface area contributed by atoms with E-state index in [1.807, 2.05) is 0 Å². The van der Waals surface area contributed by atoms with Gasteiger partial charge in [0.05, 0.1) is 20.7 Å². The van der Waals surface area contributed by atoms with Crippen LogP contribution in [0.4, 0.5) is 22.6 Å². The van der Waals surface area contributed by atoms with Gasteiger partial charge >= 0.3 is 36.4 Å². The maximum absolute atomic E-state index is 11.2. The van der Waals surface area contributed by atoms with Crippen LogP contribution in [0.5, 0.6) is 5.75 Å². The van der Waals surface area contributed by atoms with Crippen molar-refractivity contribution in [1.82, 2.24) is 4.48 Å². The first kappa shape index (κ1) is 39.6. The van der Waals surface area contributed by atoms with E-state index in [9.17, 15) is 16.9 Å². The molecule has 0 aliphatic heterocycles. The molecule has 0 aliphatic carbocycles. The summed E-state index contributed by atoms with van der Waals surface area (Å²) in [6.45, 7) is 5.43. The van der Waals surface area contributed by atoms with E-state index in [4.69, 9.17) is 4.74 Å². The fourth-order valence-electron chi connectivity index (χ4n) is 5.09. The van der Waals surface area contributed by atoms with Gasteiger partial charge in [-0.05, 0) is 49.7 Å². The third-order valence-electron chi connectivity index (χ3n) is 8.02. The molecule has 2 aromatic carbocycles. The Kier molecular flexibility index (Phi) is 17.1. The third-order valence-corrected chi connectivity index (χ3v) is 8.02. The van der Waals surface area contributed by atoms with E-state index in [1.165, 1.54) is 108 Å². The Labute approximate surface area is 259 Å². The minimum atomic E-state index is -11.2. The number of benzene rings is 2. The van der Waals surface area contributed by atoms with E-state index < -0.39 is 19.5 Å². The van der Waals surface area contributed by atoms with Gasteiger partial charge in [0, 0.05) is 5.56 Å². The number of unbranched alkanes of at least 4 members (excludes halogenated alkanes) is 15. The standard InChI is InChI=1S/C34H56NO.6FH.Sb/c1-5-6-7-8-9-10-11-12-13-14-15-16-17-18-19-23-30-36-34-28-26-32(27-29-34)31(2)35(3,4)33-24-21-20-22-25-33;;;;;;;/h20-22,24-29,31H,5-19,23,30H2,1-4H3;6*1H;/q+1;;;;;;;+5/p-6. The summed E-state index contributed by atoms with van der Waals surface area (Å²) in [5, 5.41) is 0. The van der Waals surface area contributed by atoms with Crippen LogP contribution in [0.1, 0.15) is 128 Å². The Morgan fingerprint density at radius 2 is 0.953 bits per heavy atom. The van der Waals surface area contributed by atoms with Crippen LogP contribution in [-0.2, 0) is 0 Å². The molecule has 9 heteroatoms. The van der Waals surface area contributed by atoms with Crippen molar-refractivity contribution < 1.29 is 21.6 Å². The molecule has 2 rings (SSSR count). The first-order chi connectivity index (χ1) is 20.0. The quantitative estimate of drug-likeness (QED) is 0.0538. The number of rotatable bonds is 21. The Morgan fingerprint density at radius 1 is 0.581 bits per heavy atom. The zero-order valence-corrected chi connectivity index (χ0v) is 29.4. The summed E-state index contributed by atoms with van der Waals surface area (Å²) in [5.41, 5.74) is 2.67. The first-order valence-corrected chi connectivity index (χ1v) is 22.0. The van der Waals surface area contributed by atoms with Crippen LogP contribution < -0.4 is 9.22 Å². The fourth-order valence-corrected chi connectivity index (χ4v) is 5.09. The molecule has 0 N–H and O–H groups in total. The van der Waals surface area contributed by atoms with Crippen LogP contribution >= 0.6 is 0 Å². The minimum absolute atomic E-state index is 0.377. The predicted molar refractivity (Wildman–Crippen MR) is 172 cm³/mol. The van der Waals surface area contributed by atoms with Crippen molar-refractivity contribution in [3.05, 3.63) is 60.2 Å².